The van der Waals surface area contributed by atoms with Crippen LogP contribution in [0.4, 0.5) is 0 Å². The molecule has 108 valence electrons. The maximum atomic E-state index is 6.04. The van der Waals surface area contributed by atoms with E-state index in [0.29, 0.717) is 41.2 Å². The van der Waals surface area contributed by atoms with Crippen molar-refractivity contribution in [3.05, 3.63) is 34.4 Å². The first-order chi connectivity index (χ1) is 9.63. The normalized spacial score (nSPS) is 10.6. The van der Waals surface area contributed by atoms with Crippen molar-refractivity contribution < 1.29 is 14.0 Å². The van der Waals surface area contributed by atoms with E-state index < -0.39 is 0 Å². The minimum atomic E-state index is 0.163. The van der Waals surface area contributed by atoms with Gasteiger partial charge in [0.1, 0.15) is 0 Å². The highest BCUT2D eigenvalue weighted by Crippen LogP contribution is 2.35. The molecule has 1 aromatic carbocycles. The molecule has 0 aliphatic heterocycles. The number of methoxy groups -OCH3 is 1. The van der Waals surface area contributed by atoms with Crippen molar-refractivity contribution in [3.8, 4) is 11.5 Å². The maximum Gasteiger partial charge on any atom is 0.264 e. The molecule has 0 spiro atoms. The summed E-state index contributed by atoms with van der Waals surface area (Å²) in [5.41, 5.74) is 6.48. The van der Waals surface area contributed by atoms with Crippen molar-refractivity contribution in [2.45, 2.75) is 20.0 Å². The Labute approximate surface area is 121 Å². The SMILES string of the molecule is COc1cc(Cl)cc(CCN)c1OCc1nc(C)no1. The van der Waals surface area contributed by atoms with Crippen LogP contribution in [0.1, 0.15) is 17.3 Å². The molecule has 0 aliphatic carbocycles. The molecular weight excluding hydrogens is 282 g/mol. The Morgan fingerprint density at radius 1 is 1.40 bits per heavy atom. The van der Waals surface area contributed by atoms with Crippen molar-refractivity contribution in [2.24, 2.45) is 5.73 Å². The summed E-state index contributed by atoms with van der Waals surface area (Å²) >= 11 is 6.04. The highest BCUT2D eigenvalue weighted by atomic mass is 35.5. The number of hydrogen-bond acceptors (Lipinski definition) is 6. The number of hydrogen-bond donors (Lipinski definition) is 1. The molecule has 2 aromatic rings. The predicted molar refractivity (Wildman–Crippen MR) is 74.1 cm³/mol. The second-order valence-electron chi connectivity index (χ2n) is 4.16. The van der Waals surface area contributed by atoms with Crippen molar-refractivity contribution in [3.63, 3.8) is 0 Å². The molecule has 0 atom stereocenters. The molecule has 0 unspecified atom stereocenters. The fraction of sp³-hybridized carbons (Fsp3) is 0.385. The van der Waals surface area contributed by atoms with Gasteiger partial charge in [0.25, 0.3) is 5.89 Å². The number of aromatic nitrogens is 2. The Bertz CT molecular complexity index is 586. The van der Waals surface area contributed by atoms with E-state index in [1.165, 1.54) is 0 Å². The van der Waals surface area contributed by atoms with Gasteiger partial charge in [0.15, 0.2) is 23.9 Å². The molecule has 0 bridgehead atoms. The lowest BCUT2D eigenvalue weighted by Gasteiger charge is -2.14. The van der Waals surface area contributed by atoms with Crippen LogP contribution in [0.2, 0.25) is 5.02 Å². The molecule has 7 heteroatoms. The number of nitrogens with two attached hydrogens (primary N) is 1. The zero-order valence-corrected chi connectivity index (χ0v) is 12.1. The highest BCUT2D eigenvalue weighted by Gasteiger charge is 2.14. The quantitative estimate of drug-likeness (QED) is 0.879. The van der Waals surface area contributed by atoms with Crippen molar-refractivity contribution in [1.82, 2.24) is 10.1 Å². The van der Waals surface area contributed by atoms with Crippen molar-refractivity contribution >= 4 is 11.6 Å². The summed E-state index contributed by atoms with van der Waals surface area (Å²) in [6.07, 6.45) is 0.634. The van der Waals surface area contributed by atoms with Crippen LogP contribution < -0.4 is 15.2 Å². The Morgan fingerprint density at radius 2 is 2.20 bits per heavy atom. The summed E-state index contributed by atoms with van der Waals surface area (Å²) in [5.74, 6) is 2.11. The number of halogens is 1. The fourth-order valence-corrected chi connectivity index (χ4v) is 2.04. The molecule has 2 rings (SSSR count). The third-order valence-electron chi connectivity index (χ3n) is 2.64. The molecule has 1 heterocycles. The van der Waals surface area contributed by atoms with Gasteiger partial charge in [-0.25, -0.2) is 0 Å². The lowest BCUT2D eigenvalue weighted by atomic mass is 10.1. The number of ether oxygens (including phenoxy) is 2. The van der Waals surface area contributed by atoms with Gasteiger partial charge in [-0.1, -0.05) is 16.8 Å². The molecule has 0 amide bonds. The van der Waals surface area contributed by atoms with Crippen LogP contribution in [0.5, 0.6) is 11.5 Å². The fourth-order valence-electron chi connectivity index (χ4n) is 1.81. The molecular formula is C13H16ClN3O3. The first-order valence-corrected chi connectivity index (χ1v) is 6.50. The average molecular weight is 298 g/mol. The topological polar surface area (TPSA) is 83.4 Å². The number of benzene rings is 1. The van der Waals surface area contributed by atoms with Crippen LogP contribution in [0, 0.1) is 6.92 Å². The second kappa shape index (κ2) is 6.58. The summed E-state index contributed by atoms with van der Waals surface area (Å²) in [6, 6.07) is 3.50. The molecule has 0 saturated carbocycles. The average Bonchev–Trinajstić information content (AvgIpc) is 2.83. The predicted octanol–water partition coefficient (Wildman–Crippen LogP) is 2.12. The van der Waals surface area contributed by atoms with E-state index >= 15 is 0 Å². The first-order valence-electron chi connectivity index (χ1n) is 6.12. The number of rotatable bonds is 6. The molecule has 0 saturated heterocycles. The van der Waals surface area contributed by atoms with E-state index in [1.54, 1.807) is 20.1 Å². The monoisotopic (exact) mass is 297 g/mol. The van der Waals surface area contributed by atoms with Gasteiger partial charge in [0.2, 0.25) is 0 Å². The van der Waals surface area contributed by atoms with Crippen LogP contribution in [-0.2, 0) is 13.0 Å². The van der Waals surface area contributed by atoms with Gasteiger partial charge in [-0.05, 0) is 26.0 Å². The molecule has 1 aromatic heterocycles. The van der Waals surface area contributed by atoms with E-state index in [0.717, 1.165) is 5.56 Å². The molecule has 2 N–H and O–H groups in total. The Balaban J connectivity index is 2.23. The van der Waals surface area contributed by atoms with Crippen LogP contribution in [-0.4, -0.2) is 23.8 Å². The lowest BCUT2D eigenvalue weighted by Crippen LogP contribution is -2.07. The molecule has 20 heavy (non-hydrogen) atoms. The minimum absolute atomic E-state index is 0.163. The Kier molecular flexibility index (Phi) is 4.81. The molecule has 0 radical (unpaired) electrons. The van der Waals surface area contributed by atoms with E-state index in [9.17, 15) is 0 Å². The lowest BCUT2D eigenvalue weighted by molar-refractivity contribution is 0.231. The summed E-state index contributed by atoms with van der Waals surface area (Å²) in [7, 11) is 1.56. The Hall–Kier alpha value is -1.79. The zero-order chi connectivity index (χ0) is 14.5. The van der Waals surface area contributed by atoms with Gasteiger partial charge in [-0.2, -0.15) is 4.98 Å². The van der Waals surface area contributed by atoms with E-state index in [2.05, 4.69) is 10.1 Å². The van der Waals surface area contributed by atoms with Gasteiger partial charge in [0.05, 0.1) is 7.11 Å². The standard InChI is InChI=1S/C13H16ClN3O3/c1-8-16-12(20-17-8)7-19-13-9(3-4-15)5-10(14)6-11(13)18-2/h5-6H,3-4,7,15H2,1-2H3. The van der Waals surface area contributed by atoms with E-state index in [4.69, 9.17) is 31.3 Å². The van der Waals surface area contributed by atoms with E-state index in [-0.39, 0.29) is 6.61 Å². The van der Waals surface area contributed by atoms with Crippen LogP contribution in [0.3, 0.4) is 0 Å². The second-order valence-corrected chi connectivity index (χ2v) is 4.60. The van der Waals surface area contributed by atoms with E-state index in [1.807, 2.05) is 6.07 Å². The van der Waals surface area contributed by atoms with Gasteiger partial charge >= 0.3 is 0 Å². The number of nitrogens with zero attached hydrogens (tertiary/aromatic N) is 2. The first kappa shape index (κ1) is 14.6. The summed E-state index contributed by atoms with van der Waals surface area (Å²) in [6.45, 7) is 2.39. The van der Waals surface area contributed by atoms with Crippen molar-refractivity contribution in [2.75, 3.05) is 13.7 Å². The smallest absolute Gasteiger partial charge is 0.264 e. The largest absolute Gasteiger partial charge is 0.493 e. The zero-order valence-electron chi connectivity index (χ0n) is 11.4. The van der Waals surface area contributed by atoms with Gasteiger partial charge in [-0.15, -0.1) is 0 Å². The third kappa shape index (κ3) is 3.40. The molecule has 6 nitrogen and oxygen atoms in total. The Morgan fingerprint density at radius 3 is 2.80 bits per heavy atom. The number of aryl methyl sites for hydroxylation is 1. The summed E-state index contributed by atoms with van der Waals surface area (Å²) in [4.78, 5) is 4.08. The molecule has 0 fully saturated rings. The molecule has 0 aliphatic rings. The van der Waals surface area contributed by atoms with Crippen LogP contribution >= 0.6 is 11.6 Å². The van der Waals surface area contributed by atoms with Gasteiger partial charge in [0, 0.05) is 16.7 Å². The van der Waals surface area contributed by atoms with Gasteiger partial charge < -0.3 is 19.7 Å². The highest BCUT2D eigenvalue weighted by molar-refractivity contribution is 6.30. The summed E-state index contributed by atoms with van der Waals surface area (Å²) < 4.78 is 16.0. The third-order valence-corrected chi connectivity index (χ3v) is 2.86. The summed E-state index contributed by atoms with van der Waals surface area (Å²) in [5, 5.41) is 4.28. The van der Waals surface area contributed by atoms with Crippen LogP contribution in [0.25, 0.3) is 0 Å². The maximum absolute atomic E-state index is 6.04. The minimum Gasteiger partial charge on any atom is -0.493 e. The van der Waals surface area contributed by atoms with Gasteiger partial charge in [-0.3, -0.25) is 0 Å². The van der Waals surface area contributed by atoms with Crippen molar-refractivity contribution in [1.29, 1.82) is 0 Å². The van der Waals surface area contributed by atoms with Crippen LogP contribution in [0.15, 0.2) is 16.7 Å².